The van der Waals surface area contributed by atoms with E-state index in [4.69, 9.17) is 10.5 Å². The molecule has 3 aromatic carbocycles. The molecule has 4 aliphatic rings. The van der Waals surface area contributed by atoms with Crippen molar-refractivity contribution in [3.63, 3.8) is 0 Å². The van der Waals surface area contributed by atoms with Gasteiger partial charge in [-0.2, -0.15) is 0 Å². The number of nitrogens with two attached hydrogens (primary N) is 1. The molecule has 0 spiro atoms. The fourth-order valence-electron chi connectivity index (χ4n) is 11.4. The number of ether oxygens (including phenoxy) is 1. The number of nitrogens with zero attached hydrogens (tertiary/aromatic N) is 5. The number of methoxy groups -OCH3 is 1. The number of aromatic amines is 1. The summed E-state index contributed by atoms with van der Waals surface area (Å²) in [5.74, 6) is -4.52. The molecular formula is C56H64F5N7O6. The summed E-state index contributed by atoms with van der Waals surface area (Å²) in [5, 5.41) is 21.3. The highest BCUT2D eigenvalue weighted by atomic mass is 19.2. The van der Waals surface area contributed by atoms with Crippen LogP contribution in [-0.2, 0) is 14.4 Å². The largest absolute Gasteiger partial charge is 0.497 e. The van der Waals surface area contributed by atoms with E-state index in [0.717, 1.165) is 86.5 Å². The lowest BCUT2D eigenvalue weighted by atomic mass is 9.84. The molecule has 0 radical (unpaired) electrons. The predicted molar refractivity (Wildman–Crippen MR) is 272 cm³/mol. The molecule has 6 heterocycles. The average molecular weight is 1030 g/mol. The minimum atomic E-state index is -1.56. The first kappa shape index (κ1) is 53.7. The number of aliphatic carboxylic acids is 1. The number of aromatic nitrogens is 2. The Labute approximate surface area is 427 Å². The van der Waals surface area contributed by atoms with E-state index in [9.17, 15) is 46.5 Å². The summed E-state index contributed by atoms with van der Waals surface area (Å²) in [6, 6.07) is 14.5. The fraction of sp³-hybridized carbons (Fsp3) is 0.429. The highest BCUT2D eigenvalue weighted by Crippen LogP contribution is 2.37. The smallest absolute Gasteiger partial charge is 0.321 e. The quantitative estimate of drug-likeness (QED) is 0.0509. The maximum atomic E-state index is 13.4. The topological polar surface area (TPSA) is 169 Å². The van der Waals surface area contributed by atoms with Crippen molar-refractivity contribution in [3.8, 4) is 5.75 Å². The Morgan fingerprint density at radius 2 is 1.24 bits per heavy atom. The Hall–Kier alpha value is -6.63. The SMILES string of the molecule is COc1ccc(C2CCN([C@H](CO)C3CCN(C(=O)/C=C/c4cc(F)cc(F)c4)CC3)CC2)cc1.Nc1cc2c(C3CCN(C(C(=O)O)C4CCN(C(=O)/C=C/c5cc(F)c(F)c(F)c5)CC4)CC3)c[nH]c2cn1. The summed E-state index contributed by atoms with van der Waals surface area (Å²) in [5.41, 5.74) is 9.69. The van der Waals surface area contributed by atoms with Gasteiger partial charge in [-0.05, 0) is 178 Å². The van der Waals surface area contributed by atoms with Gasteiger partial charge >= 0.3 is 5.97 Å². The molecule has 5 N–H and O–H groups in total. The second-order valence-electron chi connectivity index (χ2n) is 19.8. The van der Waals surface area contributed by atoms with Gasteiger partial charge in [-0.25, -0.2) is 26.9 Å². The van der Waals surface area contributed by atoms with Crippen molar-refractivity contribution >= 4 is 46.7 Å². The predicted octanol–water partition coefficient (Wildman–Crippen LogP) is 8.61. The van der Waals surface area contributed by atoms with E-state index in [1.54, 1.807) is 23.1 Å². The number of hydrogen-bond donors (Lipinski definition) is 4. The van der Waals surface area contributed by atoms with Crippen LogP contribution in [0.25, 0.3) is 23.1 Å². The summed E-state index contributed by atoms with van der Waals surface area (Å²) < 4.78 is 71.9. The number of halogens is 5. The Morgan fingerprint density at radius 3 is 1.78 bits per heavy atom. The lowest BCUT2D eigenvalue weighted by molar-refractivity contribution is -0.147. The van der Waals surface area contributed by atoms with Gasteiger partial charge in [-0.1, -0.05) is 12.1 Å². The van der Waals surface area contributed by atoms with Crippen LogP contribution in [0.2, 0.25) is 0 Å². The molecular weight excluding hydrogens is 962 g/mol. The number of nitrogens with one attached hydrogen (secondary N) is 1. The Morgan fingerprint density at radius 1 is 0.716 bits per heavy atom. The molecule has 0 bridgehead atoms. The van der Waals surface area contributed by atoms with Gasteiger partial charge in [0.25, 0.3) is 0 Å². The number of nitrogen functional groups attached to an aromatic ring is 1. The Bertz CT molecular complexity index is 2750. The molecule has 5 aromatic rings. The summed E-state index contributed by atoms with van der Waals surface area (Å²) in [6.45, 7) is 5.33. The van der Waals surface area contributed by atoms with Crippen molar-refractivity contribution < 1.29 is 51.3 Å². The van der Waals surface area contributed by atoms with Crippen LogP contribution in [0.4, 0.5) is 27.8 Å². The minimum absolute atomic E-state index is 0.0387. The van der Waals surface area contributed by atoms with Crippen LogP contribution in [-0.4, -0.2) is 136 Å². The highest BCUT2D eigenvalue weighted by Gasteiger charge is 2.39. The van der Waals surface area contributed by atoms with Crippen LogP contribution in [0, 0.1) is 40.9 Å². The first-order valence-corrected chi connectivity index (χ1v) is 25.4. The molecule has 74 heavy (non-hydrogen) atoms. The maximum Gasteiger partial charge on any atom is 0.321 e. The zero-order chi connectivity index (χ0) is 52.5. The van der Waals surface area contributed by atoms with E-state index in [1.807, 2.05) is 29.3 Å². The number of likely N-dealkylation sites (tertiary alicyclic amines) is 4. The van der Waals surface area contributed by atoms with Gasteiger partial charge in [-0.3, -0.25) is 24.2 Å². The molecule has 1 unspecified atom stereocenters. The van der Waals surface area contributed by atoms with Crippen LogP contribution < -0.4 is 10.5 Å². The van der Waals surface area contributed by atoms with Gasteiger partial charge < -0.3 is 35.5 Å². The number of pyridine rings is 1. The number of carbonyl (C=O) groups excluding carboxylic acids is 2. The molecule has 2 amide bonds. The summed E-state index contributed by atoms with van der Waals surface area (Å²) in [4.78, 5) is 52.7. The van der Waals surface area contributed by atoms with Crippen LogP contribution in [0.5, 0.6) is 5.75 Å². The summed E-state index contributed by atoms with van der Waals surface area (Å²) >= 11 is 0. The minimum Gasteiger partial charge on any atom is -0.497 e. The van der Waals surface area contributed by atoms with Crippen molar-refractivity contribution in [1.82, 2.24) is 29.6 Å². The number of fused-ring (bicyclic) bond motifs is 1. The van der Waals surface area contributed by atoms with E-state index >= 15 is 0 Å². The number of piperidine rings is 4. The molecule has 4 saturated heterocycles. The zero-order valence-corrected chi connectivity index (χ0v) is 41.5. The van der Waals surface area contributed by atoms with Crippen LogP contribution >= 0.6 is 0 Å². The number of carboxylic acid groups (broad SMARTS) is 1. The van der Waals surface area contributed by atoms with Crippen LogP contribution in [0.3, 0.4) is 0 Å². The lowest BCUT2D eigenvalue weighted by Gasteiger charge is -2.43. The van der Waals surface area contributed by atoms with E-state index in [-0.39, 0.29) is 35.9 Å². The highest BCUT2D eigenvalue weighted by molar-refractivity contribution is 5.92. The van der Waals surface area contributed by atoms with Crippen molar-refractivity contribution in [3.05, 3.63) is 137 Å². The second kappa shape index (κ2) is 24.6. The van der Waals surface area contributed by atoms with Crippen molar-refractivity contribution in [2.45, 2.75) is 75.3 Å². The fourth-order valence-corrected chi connectivity index (χ4v) is 11.4. The van der Waals surface area contributed by atoms with E-state index < -0.39 is 41.1 Å². The molecule has 4 fully saturated rings. The number of aliphatic hydroxyl groups is 1. The summed E-state index contributed by atoms with van der Waals surface area (Å²) in [7, 11) is 1.68. The first-order chi connectivity index (χ1) is 35.7. The number of H-pyrrole nitrogens is 1. The van der Waals surface area contributed by atoms with Crippen molar-refractivity contribution in [2.24, 2.45) is 11.8 Å². The van der Waals surface area contributed by atoms with Crippen molar-refractivity contribution in [1.29, 1.82) is 0 Å². The number of benzene rings is 3. The first-order valence-electron chi connectivity index (χ1n) is 25.4. The molecule has 4 aliphatic heterocycles. The van der Waals surface area contributed by atoms with Gasteiger partial charge in [0.15, 0.2) is 17.5 Å². The number of aliphatic hydroxyl groups excluding tert-OH is 1. The number of rotatable bonds is 13. The average Bonchev–Trinajstić information content (AvgIpc) is 3.82. The van der Waals surface area contributed by atoms with Crippen LogP contribution in [0.15, 0.2) is 85.2 Å². The number of amides is 2. The molecule has 13 nitrogen and oxygen atoms in total. The third-order valence-electron chi connectivity index (χ3n) is 15.4. The third-order valence-corrected chi connectivity index (χ3v) is 15.4. The molecule has 0 aliphatic carbocycles. The maximum absolute atomic E-state index is 13.4. The Kier molecular flexibility index (Phi) is 17.8. The number of anilines is 1. The van der Waals surface area contributed by atoms with Gasteiger partial charge in [0, 0.05) is 62.0 Å². The summed E-state index contributed by atoms with van der Waals surface area (Å²) in [6.07, 6.45) is 15.5. The number of carbonyl (C=O) groups is 3. The van der Waals surface area contributed by atoms with Gasteiger partial charge in [0.05, 0.1) is 25.4 Å². The van der Waals surface area contributed by atoms with Crippen LogP contribution in [0.1, 0.15) is 85.5 Å². The third kappa shape index (κ3) is 13.2. The normalized spacial score (nSPS) is 19.0. The number of hydrogen-bond acceptors (Lipinski definition) is 9. The Balaban J connectivity index is 0.000000198. The second-order valence-corrected chi connectivity index (χ2v) is 19.8. The standard InChI is InChI=1S/C28H30F3N5O3.C28H34F2N2O3/c29-21-11-16(12-22(30)26(21)31)1-2-25(37)35-7-5-18(6-8-35)27(28(38)39)36-9-3-17(4-10-36)20-14-33-23-15-34-24(32)13-19(20)23;1-35-26-5-3-21(4-6-26)22-8-12-31(13-9-22)27(19-33)23-10-14-32(15-11-23)28(34)7-2-20-16-24(29)18-25(30)17-20/h1-2,11-15,17-18,27,33H,3-10H2,(H2,32,34)(H,38,39);2-7,16-18,22-23,27,33H,8-15,19H2,1H3/b2-1+;7-2+/t;27-/m.1/s1. The van der Waals surface area contributed by atoms with Crippen molar-refractivity contribution in [2.75, 3.05) is 71.8 Å². The molecule has 2 aromatic heterocycles. The number of carboxylic acids is 1. The lowest BCUT2D eigenvalue weighted by Crippen LogP contribution is -2.52. The van der Waals surface area contributed by atoms with E-state index in [0.29, 0.717) is 81.2 Å². The van der Waals surface area contributed by atoms with E-state index in [2.05, 4.69) is 27.0 Å². The molecule has 394 valence electrons. The van der Waals surface area contributed by atoms with Gasteiger partial charge in [0.1, 0.15) is 29.2 Å². The zero-order valence-electron chi connectivity index (χ0n) is 41.5. The molecule has 18 heteroatoms. The molecule has 0 saturated carbocycles. The molecule has 9 rings (SSSR count). The molecule has 2 atom stereocenters. The van der Waals surface area contributed by atoms with E-state index in [1.165, 1.54) is 47.6 Å². The van der Waals surface area contributed by atoms with Gasteiger partial charge in [-0.15, -0.1) is 0 Å². The monoisotopic (exact) mass is 1030 g/mol. The van der Waals surface area contributed by atoms with Gasteiger partial charge in [0.2, 0.25) is 11.8 Å².